The van der Waals surface area contributed by atoms with E-state index in [1.165, 1.54) is 13.2 Å². The molecular weight excluding hydrogens is 296 g/mol. The van der Waals surface area contributed by atoms with Crippen molar-refractivity contribution >= 4 is 17.9 Å². The van der Waals surface area contributed by atoms with Crippen molar-refractivity contribution in [1.82, 2.24) is 10.6 Å². The zero-order valence-corrected chi connectivity index (χ0v) is 14.0. The largest absolute Gasteiger partial charge is 0.493 e. The molecule has 0 fully saturated rings. The molecule has 1 atom stereocenters. The van der Waals surface area contributed by atoms with Crippen molar-refractivity contribution in [3.8, 4) is 11.5 Å². The Morgan fingerprint density at radius 2 is 2.00 bits per heavy atom. The van der Waals surface area contributed by atoms with Crippen LogP contribution in [0.5, 0.6) is 11.5 Å². The average Bonchev–Trinajstić information content (AvgIpc) is 2.56. The highest BCUT2D eigenvalue weighted by Gasteiger charge is 2.13. The van der Waals surface area contributed by atoms with Crippen molar-refractivity contribution in [2.45, 2.75) is 26.3 Å². The first-order chi connectivity index (χ1) is 11.0. The van der Waals surface area contributed by atoms with Gasteiger partial charge in [-0.25, -0.2) is 0 Å². The highest BCUT2D eigenvalue weighted by Crippen LogP contribution is 2.31. The topological polar surface area (TPSA) is 76.7 Å². The van der Waals surface area contributed by atoms with Crippen LogP contribution in [-0.4, -0.2) is 38.6 Å². The Bertz CT molecular complexity index is 570. The summed E-state index contributed by atoms with van der Waals surface area (Å²) in [4.78, 5) is 23.6. The quantitative estimate of drug-likeness (QED) is 0.716. The van der Waals surface area contributed by atoms with E-state index in [4.69, 9.17) is 9.47 Å². The second-order valence-corrected chi connectivity index (χ2v) is 4.94. The minimum absolute atomic E-state index is 0.201. The van der Waals surface area contributed by atoms with Crippen LogP contribution in [0, 0.1) is 0 Å². The molecule has 1 aromatic carbocycles. The van der Waals surface area contributed by atoms with Gasteiger partial charge in [-0.05, 0) is 25.5 Å². The predicted octanol–water partition coefficient (Wildman–Crippen LogP) is 1.75. The molecule has 0 radical (unpaired) electrons. The molecule has 1 aromatic rings. The van der Waals surface area contributed by atoms with Crippen LogP contribution in [0.25, 0.3) is 6.08 Å². The summed E-state index contributed by atoms with van der Waals surface area (Å²) < 4.78 is 10.5. The highest BCUT2D eigenvalue weighted by molar-refractivity contribution is 5.95. The fourth-order valence-electron chi connectivity index (χ4n) is 1.94. The summed E-state index contributed by atoms with van der Waals surface area (Å²) >= 11 is 0. The molecular formula is C17H24N2O4. The lowest BCUT2D eigenvalue weighted by molar-refractivity contribution is -0.126. The molecule has 0 aliphatic rings. The maximum atomic E-state index is 11.9. The van der Waals surface area contributed by atoms with Crippen molar-refractivity contribution < 1.29 is 19.1 Å². The number of benzene rings is 1. The van der Waals surface area contributed by atoms with Crippen molar-refractivity contribution in [1.29, 1.82) is 0 Å². The first-order valence-electron chi connectivity index (χ1n) is 7.50. The van der Waals surface area contributed by atoms with Gasteiger partial charge in [-0.3, -0.25) is 9.59 Å². The number of carbonyl (C=O) groups excluding carboxylic acids is 2. The van der Waals surface area contributed by atoms with Crippen LogP contribution >= 0.6 is 0 Å². The smallest absolute Gasteiger partial charge is 0.244 e. The van der Waals surface area contributed by atoms with E-state index in [0.717, 1.165) is 6.42 Å². The van der Waals surface area contributed by atoms with Gasteiger partial charge < -0.3 is 20.1 Å². The summed E-state index contributed by atoms with van der Waals surface area (Å²) in [6.45, 7) is 4.20. The lowest BCUT2D eigenvalue weighted by Crippen LogP contribution is -2.44. The highest BCUT2D eigenvalue weighted by atomic mass is 16.5. The summed E-state index contributed by atoms with van der Waals surface area (Å²) in [6.07, 6.45) is 3.83. The number of para-hydroxylation sites is 1. The Hall–Kier alpha value is -2.50. The summed E-state index contributed by atoms with van der Waals surface area (Å²) in [5, 5.41) is 5.35. The van der Waals surface area contributed by atoms with Crippen molar-refractivity contribution in [2.24, 2.45) is 0 Å². The molecule has 0 unspecified atom stereocenters. The molecule has 0 bridgehead atoms. The van der Waals surface area contributed by atoms with Gasteiger partial charge in [0, 0.05) is 18.2 Å². The van der Waals surface area contributed by atoms with Crippen LogP contribution in [0.3, 0.4) is 0 Å². The molecule has 0 aliphatic heterocycles. The van der Waals surface area contributed by atoms with E-state index in [9.17, 15) is 9.59 Å². The second kappa shape index (κ2) is 9.50. The summed E-state index contributed by atoms with van der Waals surface area (Å²) in [5.41, 5.74) is 0.713. The van der Waals surface area contributed by atoms with Gasteiger partial charge >= 0.3 is 0 Å². The van der Waals surface area contributed by atoms with E-state index in [0.29, 0.717) is 23.6 Å². The molecule has 1 rings (SSSR count). The monoisotopic (exact) mass is 320 g/mol. The van der Waals surface area contributed by atoms with Crippen LogP contribution in [0.1, 0.15) is 25.8 Å². The Morgan fingerprint density at radius 3 is 2.61 bits per heavy atom. The molecule has 0 aliphatic carbocycles. The summed E-state index contributed by atoms with van der Waals surface area (Å²) in [7, 11) is 3.09. The summed E-state index contributed by atoms with van der Waals surface area (Å²) in [6, 6.07) is 4.80. The fraction of sp³-hybridized carbons (Fsp3) is 0.412. The zero-order valence-electron chi connectivity index (χ0n) is 14.0. The average molecular weight is 320 g/mol. The molecule has 126 valence electrons. The fourth-order valence-corrected chi connectivity index (χ4v) is 1.94. The van der Waals surface area contributed by atoms with Crippen molar-refractivity contribution in [3.63, 3.8) is 0 Å². The number of carbonyl (C=O) groups is 2. The lowest BCUT2D eigenvalue weighted by atomic mass is 10.1. The van der Waals surface area contributed by atoms with E-state index in [1.54, 1.807) is 32.2 Å². The van der Waals surface area contributed by atoms with E-state index in [1.807, 2.05) is 13.0 Å². The van der Waals surface area contributed by atoms with Gasteiger partial charge in [0.1, 0.15) is 6.04 Å². The van der Waals surface area contributed by atoms with Gasteiger partial charge in [-0.15, -0.1) is 0 Å². The van der Waals surface area contributed by atoms with Crippen molar-refractivity contribution in [3.05, 3.63) is 29.8 Å². The van der Waals surface area contributed by atoms with Gasteiger partial charge in [0.25, 0.3) is 0 Å². The number of ether oxygens (including phenoxy) is 2. The molecule has 2 N–H and O–H groups in total. The molecule has 0 heterocycles. The van der Waals surface area contributed by atoms with E-state index in [2.05, 4.69) is 10.6 Å². The second-order valence-electron chi connectivity index (χ2n) is 4.94. The van der Waals surface area contributed by atoms with Crippen LogP contribution in [-0.2, 0) is 9.59 Å². The van der Waals surface area contributed by atoms with E-state index < -0.39 is 6.04 Å². The Morgan fingerprint density at radius 1 is 1.26 bits per heavy atom. The standard InChI is InChI=1S/C17H24N2O4/c1-5-11-18-17(21)12(2)19-15(20)10-9-13-7-6-8-14(22-3)16(13)23-4/h6-10,12H,5,11H2,1-4H3,(H,18,21)(H,19,20)/b10-9+/t12-/m1/s1. The van der Waals surface area contributed by atoms with Crippen molar-refractivity contribution in [2.75, 3.05) is 20.8 Å². The molecule has 0 saturated heterocycles. The Labute approximate surface area is 136 Å². The lowest BCUT2D eigenvalue weighted by Gasteiger charge is -2.12. The third kappa shape index (κ3) is 5.65. The van der Waals surface area contributed by atoms with Gasteiger partial charge in [0.15, 0.2) is 11.5 Å². The molecule has 0 spiro atoms. The van der Waals surface area contributed by atoms with Gasteiger partial charge in [-0.2, -0.15) is 0 Å². The molecule has 0 saturated carbocycles. The molecule has 6 nitrogen and oxygen atoms in total. The molecule has 0 aromatic heterocycles. The number of hydrogen-bond donors (Lipinski definition) is 2. The number of nitrogens with one attached hydrogen (secondary N) is 2. The maximum Gasteiger partial charge on any atom is 0.244 e. The van der Waals surface area contributed by atoms with E-state index >= 15 is 0 Å². The molecule has 6 heteroatoms. The van der Waals surface area contributed by atoms with Crippen LogP contribution in [0.4, 0.5) is 0 Å². The first kappa shape index (κ1) is 18.5. The Kier molecular flexibility index (Phi) is 7.66. The minimum atomic E-state index is -0.592. The Balaban J connectivity index is 2.70. The molecule has 2 amide bonds. The third-order valence-corrected chi connectivity index (χ3v) is 3.15. The van der Waals surface area contributed by atoms with Gasteiger partial charge in [0.2, 0.25) is 11.8 Å². The van der Waals surface area contributed by atoms with Crippen LogP contribution in [0.2, 0.25) is 0 Å². The zero-order chi connectivity index (χ0) is 17.2. The number of rotatable bonds is 8. The van der Waals surface area contributed by atoms with Crippen LogP contribution < -0.4 is 20.1 Å². The first-order valence-corrected chi connectivity index (χ1v) is 7.50. The normalized spacial score (nSPS) is 11.8. The number of hydrogen-bond acceptors (Lipinski definition) is 4. The van der Waals surface area contributed by atoms with Gasteiger partial charge in [0.05, 0.1) is 14.2 Å². The SMILES string of the molecule is CCCNC(=O)[C@@H](C)NC(=O)/C=C/c1cccc(OC)c1OC. The van der Waals surface area contributed by atoms with Gasteiger partial charge in [-0.1, -0.05) is 19.1 Å². The minimum Gasteiger partial charge on any atom is -0.493 e. The molecule has 23 heavy (non-hydrogen) atoms. The van der Waals surface area contributed by atoms with Crippen LogP contribution in [0.15, 0.2) is 24.3 Å². The maximum absolute atomic E-state index is 11.9. The predicted molar refractivity (Wildman–Crippen MR) is 89.5 cm³/mol. The number of methoxy groups -OCH3 is 2. The summed E-state index contributed by atoms with van der Waals surface area (Å²) in [5.74, 6) is 0.580. The number of amides is 2. The third-order valence-electron chi connectivity index (χ3n) is 3.15. The van der Waals surface area contributed by atoms with E-state index in [-0.39, 0.29) is 11.8 Å².